The summed E-state index contributed by atoms with van der Waals surface area (Å²) >= 11 is 3.08. The third kappa shape index (κ3) is 3.30. The molecular weight excluding hydrogens is 316 g/mol. The average molecular weight is 324 g/mol. The molecule has 0 aliphatic heterocycles. The second kappa shape index (κ2) is 5.81. The molecular formula is C14H8BrF2NO. The minimum absolute atomic E-state index is 0.0307. The molecule has 0 bridgehead atoms. The molecule has 2 aromatic rings. The van der Waals surface area contributed by atoms with Gasteiger partial charge < -0.3 is 4.74 Å². The largest absolute Gasteiger partial charge is 0.489 e. The summed E-state index contributed by atoms with van der Waals surface area (Å²) in [6.07, 6.45) is 0. The van der Waals surface area contributed by atoms with Crippen LogP contribution in [0.25, 0.3) is 0 Å². The van der Waals surface area contributed by atoms with Crippen molar-refractivity contribution in [3.05, 3.63) is 63.6 Å². The smallest absolute Gasteiger partial charge is 0.144 e. The predicted octanol–water partition coefficient (Wildman–Crippen LogP) is 4.18. The van der Waals surface area contributed by atoms with Gasteiger partial charge in [0.2, 0.25) is 0 Å². The van der Waals surface area contributed by atoms with Crippen LogP contribution in [0.4, 0.5) is 8.78 Å². The molecule has 2 nitrogen and oxygen atoms in total. The number of nitriles is 1. The topological polar surface area (TPSA) is 33.0 Å². The van der Waals surface area contributed by atoms with E-state index in [1.54, 1.807) is 18.2 Å². The van der Waals surface area contributed by atoms with Gasteiger partial charge in [0.25, 0.3) is 0 Å². The number of benzene rings is 2. The Labute approximate surface area is 117 Å². The second-order valence-electron chi connectivity index (χ2n) is 3.79. The highest BCUT2D eigenvalue weighted by Crippen LogP contribution is 2.20. The minimum Gasteiger partial charge on any atom is -0.489 e. The van der Waals surface area contributed by atoms with Gasteiger partial charge >= 0.3 is 0 Å². The maximum atomic E-state index is 13.3. The number of nitrogens with zero attached hydrogens (tertiary/aromatic N) is 1. The lowest BCUT2D eigenvalue weighted by atomic mass is 10.2. The van der Waals surface area contributed by atoms with E-state index < -0.39 is 5.82 Å². The van der Waals surface area contributed by atoms with Crippen molar-refractivity contribution in [3.63, 3.8) is 0 Å². The summed E-state index contributed by atoms with van der Waals surface area (Å²) in [6.45, 7) is 0.185. The fourth-order valence-electron chi connectivity index (χ4n) is 1.47. The van der Waals surface area contributed by atoms with Crippen LogP contribution in [-0.4, -0.2) is 0 Å². The van der Waals surface area contributed by atoms with Crippen LogP contribution in [0.1, 0.15) is 11.1 Å². The Morgan fingerprint density at radius 2 is 1.89 bits per heavy atom. The molecule has 0 spiro atoms. The van der Waals surface area contributed by atoms with Gasteiger partial charge in [-0.05, 0) is 45.8 Å². The van der Waals surface area contributed by atoms with Gasteiger partial charge in [0, 0.05) is 6.07 Å². The summed E-state index contributed by atoms with van der Waals surface area (Å²) in [4.78, 5) is 0. The number of hydrogen-bond donors (Lipinski definition) is 0. The number of ether oxygens (including phenoxy) is 1. The van der Waals surface area contributed by atoms with Gasteiger partial charge in [-0.15, -0.1) is 0 Å². The third-order valence-corrected chi connectivity index (χ3v) is 3.06. The molecule has 0 radical (unpaired) electrons. The first-order chi connectivity index (χ1) is 9.10. The molecule has 0 heterocycles. The van der Waals surface area contributed by atoms with Crippen molar-refractivity contribution in [1.82, 2.24) is 0 Å². The van der Waals surface area contributed by atoms with Crippen LogP contribution in [0.3, 0.4) is 0 Å². The minimum atomic E-state index is -0.625. The molecule has 0 saturated heterocycles. The Hall–Kier alpha value is -1.93. The molecule has 2 rings (SSSR count). The highest BCUT2D eigenvalue weighted by atomic mass is 79.9. The molecule has 0 amide bonds. The van der Waals surface area contributed by atoms with Gasteiger partial charge in [-0.2, -0.15) is 5.26 Å². The number of hydrogen-bond acceptors (Lipinski definition) is 2. The molecule has 2 aromatic carbocycles. The molecule has 96 valence electrons. The van der Waals surface area contributed by atoms with Crippen molar-refractivity contribution >= 4 is 15.9 Å². The maximum Gasteiger partial charge on any atom is 0.144 e. The molecule has 0 aromatic heterocycles. The fourth-order valence-corrected chi connectivity index (χ4v) is 1.90. The second-order valence-corrected chi connectivity index (χ2v) is 4.64. The summed E-state index contributed by atoms with van der Waals surface area (Å²) in [5.74, 6) is -0.662. The van der Waals surface area contributed by atoms with Crippen molar-refractivity contribution in [1.29, 1.82) is 5.26 Å². The van der Waals surface area contributed by atoms with Crippen molar-refractivity contribution in [3.8, 4) is 11.8 Å². The Morgan fingerprint density at radius 3 is 2.53 bits per heavy atom. The third-order valence-electron chi connectivity index (χ3n) is 2.45. The van der Waals surface area contributed by atoms with Gasteiger partial charge in [-0.1, -0.05) is 6.07 Å². The standard InChI is InChI=1S/C14H8BrF2NO/c15-12-5-9(1-4-13(12)16)8-19-11-3-2-10(7-18)14(17)6-11/h1-6H,8H2. The van der Waals surface area contributed by atoms with E-state index in [0.29, 0.717) is 10.2 Å². The highest BCUT2D eigenvalue weighted by Gasteiger charge is 2.05. The first kappa shape index (κ1) is 13.5. The van der Waals surface area contributed by atoms with Gasteiger partial charge in [0.05, 0.1) is 10.0 Å². The van der Waals surface area contributed by atoms with E-state index in [9.17, 15) is 8.78 Å². The van der Waals surface area contributed by atoms with Crippen molar-refractivity contribution in [2.45, 2.75) is 6.61 Å². The first-order valence-corrected chi connectivity index (χ1v) is 6.16. The van der Waals surface area contributed by atoms with Crippen LogP contribution in [0.2, 0.25) is 0 Å². The van der Waals surface area contributed by atoms with Crippen molar-refractivity contribution in [2.75, 3.05) is 0 Å². The van der Waals surface area contributed by atoms with E-state index in [4.69, 9.17) is 10.00 Å². The molecule has 0 saturated carbocycles. The van der Waals surface area contributed by atoms with E-state index in [-0.39, 0.29) is 18.0 Å². The van der Waals surface area contributed by atoms with E-state index in [1.165, 1.54) is 18.2 Å². The van der Waals surface area contributed by atoms with Gasteiger partial charge in [-0.25, -0.2) is 8.78 Å². The molecule has 0 N–H and O–H groups in total. The summed E-state index contributed by atoms with van der Waals surface area (Å²) in [7, 11) is 0. The molecule has 0 aliphatic carbocycles. The Kier molecular flexibility index (Phi) is 4.13. The van der Waals surface area contributed by atoms with Crippen molar-refractivity contribution < 1.29 is 13.5 Å². The van der Waals surface area contributed by atoms with E-state index >= 15 is 0 Å². The summed E-state index contributed by atoms with van der Waals surface area (Å²) < 4.78 is 32.1. The van der Waals surface area contributed by atoms with Gasteiger partial charge in [-0.3, -0.25) is 0 Å². The fraction of sp³-hybridized carbons (Fsp3) is 0.0714. The molecule has 0 fully saturated rings. The molecule has 19 heavy (non-hydrogen) atoms. The molecule has 5 heteroatoms. The van der Waals surface area contributed by atoms with Crippen LogP contribution in [0.5, 0.6) is 5.75 Å². The van der Waals surface area contributed by atoms with Gasteiger partial charge in [0.1, 0.15) is 30.1 Å². The lowest BCUT2D eigenvalue weighted by Gasteiger charge is -2.07. The Bertz CT molecular complexity index is 652. The molecule has 0 aliphatic rings. The zero-order chi connectivity index (χ0) is 13.8. The predicted molar refractivity (Wildman–Crippen MR) is 69.5 cm³/mol. The van der Waals surface area contributed by atoms with Crippen LogP contribution < -0.4 is 4.74 Å². The molecule has 0 unspecified atom stereocenters. The summed E-state index contributed by atoms with van der Waals surface area (Å²) in [5.41, 5.74) is 0.718. The van der Waals surface area contributed by atoms with E-state index in [0.717, 1.165) is 11.6 Å². The Balaban J connectivity index is 2.08. The lowest BCUT2D eigenvalue weighted by Crippen LogP contribution is -1.97. The number of rotatable bonds is 3. The quantitative estimate of drug-likeness (QED) is 0.849. The van der Waals surface area contributed by atoms with Crippen LogP contribution in [0, 0.1) is 23.0 Å². The van der Waals surface area contributed by atoms with Crippen LogP contribution in [-0.2, 0) is 6.61 Å². The maximum absolute atomic E-state index is 13.3. The van der Waals surface area contributed by atoms with Crippen LogP contribution >= 0.6 is 15.9 Å². The monoisotopic (exact) mass is 323 g/mol. The van der Waals surface area contributed by atoms with E-state index in [2.05, 4.69) is 15.9 Å². The average Bonchev–Trinajstić information content (AvgIpc) is 2.40. The van der Waals surface area contributed by atoms with E-state index in [1.807, 2.05) is 0 Å². The zero-order valence-corrected chi connectivity index (χ0v) is 11.2. The normalized spacial score (nSPS) is 10.0. The SMILES string of the molecule is N#Cc1ccc(OCc2ccc(F)c(Br)c2)cc1F. The highest BCUT2D eigenvalue weighted by molar-refractivity contribution is 9.10. The number of halogens is 3. The Morgan fingerprint density at radius 1 is 1.11 bits per heavy atom. The summed E-state index contributed by atoms with van der Waals surface area (Å²) in [5, 5.41) is 8.60. The molecule has 0 atom stereocenters. The van der Waals surface area contributed by atoms with Crippen molar-refractivity contribution in [2.24, 2.45) is 0 Å². The lowest BCUT2D eigenvalue weighted by molar-refractivity contribution is 0.304. The first-order valence-electron chi connectivity index (χ1n) is 5.36. The summed E-state index contributed by atoms with van der Waals surface area (Å²) in [6, 6.07) is 10.2. The van der Waals surface area contributed by atoms with Crippen LogP contribution in [0.15, 0.2) is 40.9 Å². The van der Waals surface area contributed by atoms with Gasteiger partial charge in [0.15, 0.2) is 0 Å². The zero-order valence-electron chi connectivity index (χ0n) is 9.66.